The van der Waals surface area contributed by atoms with Gasteiger partial charge in [-0.15, -0.1) is 4.58 Å². The third kappa shape index (κ3) is 2.05. The van der Waals surface area contributed by atoms with E-state index < -0.39 is 11.6 Å². The van der Waals surface area contributed by atoms with Crippen LogP contribution in [0, 0.1) is 0 Å². The smallest absolute Gasteiger partial charge is 0.409 e. The maximum atomic E-state index is 12.2. The molecule has 1 aliphatic carbocycles. The standard InChI is InChI=1S/C15H16N4O3/c1-19-13(20)15(17-14(19)21)7-6-11(8-15)9-2-4-10(5-3-9)12(16)18-22/h2-5,11H,1,6-8H2,(H3-,16,17,18,21,22)/p+1/t11-,15?/m0/s1. The minimum absolute atomic E-state index is 0.0559. The number of nitrogens with two attached hydrogens (primary N) is 1. The van der Waals surface area contributed by atoms with Crippen LogP contribution in [0.25, 0.3) is 0 Å². The Balaban J connectivity index is 1.80. The molecule has 7 heteroatoms. The van der Waals surface area contributed by atoms with Gasteiger partial charge < -0.3 is 10.9 Å². The molecular formula is C15H17N4O3+. The van der Waals surface area contributed by atoms with E-state index in [1.54, 1.807) is 12.1 Å². The van der Waals surface area contributed by atoms with Gasteiger partial charge in [0.1, 0.15) is 0 Å². The van der Waals surface area contributed by atoms with E-state index in [1.165, 1.54) is 0 Å². The highest BCUT2D eigenvalue weighted by Gasteiger charge is 2.60. The summed E-state index contributed by atoms with van der Waals surface area (Å²) in [4.78, 5) is 23.8. The minimum Gasteiger partial charge on any atom is -0.409 e. The first-order chi connectivity index (χ1) is 10.5. The van der Waals surface area contributed by atoms with Crippen molar-refractivity contribution in [2.75, 3.05) is 0 Å². The lowest BCUT2D eigenvalue weighted by atomic mass is 9.92. The van der Waals surface area contributed by atoms with Crippen LogP contribution in [-0.2, 0) is 4.79 Å². The summed E-state index contributed by atoms with van der Waals surface area (Å²) in [7, 11) is 0. The van der Waals surface area contributed by atoms with Gasteiger partial charge in [0.05, 0.1) is 6.72 Å². The molecule has 114 valence electrons. The first kappa shape index (κ1) is 14.2. The largest absolute Gasteiger partial charge is 0.499 e. The van der Waals surface area contributed by atoms with Crippen LogP contribution in [0.4, 0.5) is 4.79 Å². The van der Waals surface area contributed by atoms with Gasteiger partial charge in [0.25, 0.3) is 0 Å². The lowest BCUT2D eigenvalue weighted by molar-refractivity contribution is -0.340. The Kier molecular flexibility index (Phi) is 3.20. The van der Waals surface area contributed by atoms with Crippen molar-refractivity contribution in [3.63, 3.8) is 0 Å². The number of nitrogens with zero attached hydrogens (tertiary/aromatic N) is 2. The lowest BCUT2D eigenvalue weighted by Crippen LogP contribution is -2.43. The molecule has 1 aromatic rings. The molecule has 0 radical (unpaired) electrons. The average Bonchev–Trinajstić information content (AvgIpc) is 3.05. The molecule has 1 unspecified atom stereocenters. The first-order valence-corrected chi connectivity index (χ1v) is 7.02. The predicted octanol–water partition coefficient (Wildman–Crippen LogP) is 0.750. The Bertz CT molecular complexity index is 695. The minimum atomic E-state index is -0.812. The van der Waals surface area contributed by atoms with E-state index in [0.717, 1.165) is 16.6 Å². The van der Waals surface area contributed by atoms with Crippen molar-refractivity contribution >= 4 is 24.5 Å². The first-order valence-electron chi connectivity index (χ1n) is 7.02. The molecule has 1 spiro atoms. The van der Waals surface area contributed by atoms with Crippen molar-refractivity contribution in [3.05, 3.63) is 35.4 Å². The second-order valence-electron chi connectivity index (χ2n) is 5.79. The average molecular weight is 301 g/mol. The number of amidine groups is 1. The highest BCUT2D eigenvalue weighted by Crippen LogP contribution is 2.43. The van der Waals surface area contributed by atoms with Gasteiger partial charge in [-0.2, -0.15) is 4.79 Å². The van der Waals surface area contributed by atoms with Crippen LogP contribution in [0.5, 0.6) is 0 Å². The molecule has 4 N–H and O–H groups in total. The zero-order valence-corrected chi connectivity index (χ0v) is 12.0. The van der Waals surface area contributed by atoms with Crippen LogP contribution in [-0.4, -0.2) is 39.8 Å². The molecule has 1 saturated heterocycles. The van der Waals surface area contributed by atoms with Crippen molar-refractivity contribution in [2.45, 2.75) is 30.7 Å². The zero-order chi connectivity index (χ0) is 15.9. The maximum Gasteiger partial charge on any atom is 0.499 e. The molecule has 22 heavy (non-hydrogen) atoms. The molecule has 1 aromatic carbocycles. The maximum absolute atomic E-state index is 12.2. The number of imide groups is 1. The Morgan fingerprint density at radius 3 is 2.64 bits per heavy atom. The van der Waals surface area contributed by atoms with Crippen LogP contribution >= 0.6 is 0 Å². The quantitative estimate of drug-likeness (QED) is 0.187. The molecule has 1 saturated carbocycles. The van der Waals surface area contributed by atoms with Crippen molar-refractivity contribution in [1.82, 2.24) is 5.32 Å². The molecule has 1 heterocycles. The summed E-state index contributed by atoms with van der Waals surface area (Å²) in [6.45, 7) is 3.48. The topological polar surface area (TPSA) is 108 Å². The molecule has 7 nitrogen and oxygen atoms in total. The van der Waals surface area contributed by atoms with E-state index in [4.69, 9.17) is 10.9 Å². The van der Waals surface area contributed by atoms with Gasteiger partial charge >= 0.3 is 11.9 Å². The summed E-state index contributed by atoms with van der Waals surface area (Å²) in [5.41, 5.74) is 6.42. The molecular weight excluding hydrogens is 284 g/mol. The fourth-order valence-corrected chi connectivity index (χ4v) is 3.30. The third-order valence-electron chi connectivity index (χ3n) is 4.55. The van der Waals surface area contributed by atoms with E-state index >= 15 is 0 Å². The van der Waals surface area contributed by atoms with Crippen molar-refractivity contribution in [1.29, 1.82) is 0 Å². The number of carbonyl (C=O) groups is 2. The van der Waals surface area contributed by atoms with Gasteiger partial charge in [-0.1, -0.05) is 29.4 Å². The van der Waals surface area contributed by atoms with E-state index in [9.17, 15) is 9.59 Å². The van der Waals surface area contributed by atoms with Crippen LogP contribution < -0.4 is 11.1 Å². The van der Waals surface area contributed by atoms with Crippen LogP contribution in [0.15, 0.2) is 29.4 Å². The summed E-state index contributed by atoms with van der Waals surface area (Å²) < 4.78 is 0.907. The number of amides is 3. The molecule has 3 amide bonds. The monoisotopic (exact) mass is 301 g/mol. The number of carbonyl (C=O) groups excluding carboxylic acids is 2. The normalized spacial score (nSPS) is 28.5. The lowest BCUT2D eigenvalue weighted by Gasteiger charge is -2.14. The highest BCUT2D eigenvalue weighted by molar-refractivity contribution is 5.98. The van der Waals surface area contributed by atoms with Gasteiger partial charge in [0, 0.05) is 18.4 Å². The number of hydrogen-bond acceptors (Lipinski definition) is 4. The summed E-state index contributed by atoms with van der Waals surface area (Å²) >= 11 is 0. The van der Waals surface area contributed by atoms with E-state index in [-0.39, 0.29) is 17.7 Å². The van der Waals surface area contributed by atoms with Crippen LogP contribution in [0.1, 0.15) is 36.3 Å². The SMILES string of the molecule is C=[N+]1C(=O)NC2(CC[C@H](c3ccc(/C(N)=N\O)cc3)C2)C1=O. The summed E-state index contributed by atoms with van der Waals surface area (Å²) in [6.07, 6.45) is 1.98. The Hall–Kier alpha value is -2.70. The van der Waals surface area contributed by atoms with Gasteiger partial charge in [-0.25, -0.2) is 10.1 Å². The Morgan fingerprint density at radius 1 is 1.41 bits per heavy atom. The molecule has 0 aromatic heterocycles. The van der Waals surface area contributed by atoms with E-state index in [1.807, 2.05) is 12.1 Å². The highest BCUT2D eigenvalue weighted by atomic mass is 16.4. The van der Waals surface area contributed by atoms with Crippen LogP contribution in [0.3, 0.4) is 0 Å². The second-order valence-corrected chi connectivity index (χ2v) is 5.79. The van der Waals surface area contributed by atoms with Crippen molar-refractivity contribution in [3.8, 4) is 0 Å². The van der Waals surface area contributed by atoms with E-state index in [2.05, 4.69) is 17.2 Å². The molecule has 1 aliphatic heterocycles. The summed E-state index contributed by atoms with van der Waals surface area (Å²) in [5.74, 6) is -0.0225. The van der Waals surface area contributed by atoms with E-state index in [0.29, 0.717) is 18.4 Å². The fraction of sp³-hybridized carbons (Fsp3) is 0.333. The van der Waals surface area contributed by atoms with Gasteiger partial charge in [0.15, 0.2) is 5.84 Å². The van der Waals surface area contributed by atoms with Gasteiger partial charge in [-0.3, -0.25) is 0 Å². The number of benzene rings is 1. The Labute approximate surface area is 127 Å². The number of oxime groups is 1. The molecule has 3 rings (SSSR count). The molecule has 2 aliphatic rings. The summed E-state index contributed by atoms with van der Waals surface area (Å²) in [5, 5.41) is 14.4. The third-order valence-corrected chi connectivity index (χ3v) is 4.55. The summed E-state index contributed by atoms with van der Waals surface area (Å²) in [6, 6.07) is 6.92. The fourth-order valence-electron chi connectivity index (χ4n) is 3.30. The van der Waals surface area contributed by atoms with Gasteiger partial charge in [-0.05, 0) is 17.9 Å². The number of hydrogen-bond donors (Lipinski definition) is 3. The second kappa shape index (κ2) is 4.94. The Morgan fingerprint density at radius 2 is 2.09 bits per heavy atom. The van der Waals surface area contributed by atoms with Crippen molar-refractivity contribution < 1.29 is 19.4 Å². The number of rotatable bonds is 2. The predicted molar refractivity (Wildman–Crippen MR) is 79.2 cm³/mol. The van der Waals surface area contributed by atoms with Gasteiger partial charge in [0.2, 0.25) is 5.54 Å². The number of urea groups is 1. The van der Waals surface area contributed by atoms with Crippen LogP contribution in [0.2, 0.25) is 0 Å². The molecule has 2 fully saturated rings. The number of nitrogens with one attached hydrogen (secondary N) is 1. The molecule has 2 atom stereocenters. The van der Waals surface area contributed by atoms with Crippen molar-refractivity contribution in [2.24, 2.45) is 10.9 Å². The molecule has 0 bridgehead atoms. The zero-order valence-electron chi connectivity index (χ0n) is 12.0.